The lowest BCUT2D eigenvalue weighted by atomic mass is 9.92. The van der Waals surface area contributed by atoms with Gasteiger partial charge in [0.25, 0.3) is 0 Å². The fraction of sp³-hybridized carbons (Fsp3) is 0.667. The van der Waals surface area contributed by atoms with E-state index in [2.05, 4.69) is 61.3 Å². The van der Waals surface area contributed by atoms with Crippen LogP contribution in [-0.2, 0) is 0 Å². The van der Waals surface area contributed by atoms with Gasteiger partial charge in [0, 0.05) is 18.1 Å². The summed E-state index contributed by atoms with van der Waals surface area (Å²) in [5, 5.41) is 3.73. The molecular weight excluding hydrogens is 244 g/mol. The first-order chi connectivity index (χ1) is 9.77. The van der Waals surface area contributed by atoms with Crippen LogP contribution < -0.4 is 5.32 Å². The molecule has 3 atom stereocenters. The Labute approximate surface area is 124 Å². The maximum Gasteiger partial charge on any atom is 0.0478 e. The Balaban J connectivity index is 2.20. The molecule has 2 rings (SSSR count). The number of nitrogens with zero attached hydrogens (tertiary/aromatic N) is 1. The Morgan fingerprint density at radius 2 is 1.95 bits per heavy atom. The lowest BCUT2D eigenvalue weighted by Gasteiger charge is -2.43. The Kier molecular flexibility index (Phi) is 6.06. The molecule has 0 aliphatic carbocycles. The van der Waals surface area contributed by atoms with Crippen molar-refractivity contribution in [3.8, 4) is 0 Å². The number of hydrogen-bond acceptors (Lipinski definition) is 2. The van der Waals surface area contributed by atoms with Crippen molar-refractivity contribution in [3.63, 3.8) is 0 Å². The first-order valence-corrected chi connectivity index (χ1v) is 8.32. The highest BCUT2D eigenvalue weighted by Gasteiger charge is 2.31. The second kappa shape index (κ2) is 7.80. The normalized spacial score (nSPS) is 23.4. The van der Waals surface area contributed by atoms with E-state index in [0.717, 1.165) is 12.6 Å². The van der Waals surface area contributed by atoms with Gasteiger partial charge in [-0.05, 0) is 44.8 Å². The van der Waals surface area contributed by atoms with Crippen LogP contribution in [0.3, 0.4) is 0 Å². The molecule has 20 heavy (non-hydrogen) atoms. The van der Waals surface area contributed by atoms with Gasteiger partial charge < -0.3 is 5.32 Å². The second-order valence-electron chi connectivity index (χ2n) is 6.00. The van der Waals surface area contributed by atoms with Gasteiger partial charge in [-0.3, -0.25) is 4.90 Å². The molecule has 1 aliphatic rings. The van der Waals surface area contributed by atoms with E-state index in [1.165, 1.54) is 37.8 Å². The molecule has 1 aromatic rings. The number of likely N-dealkylation sites (N-methyl/N-ethyl adjacent to an activating group) is 1. The standard InChI is InChI=1S/C18H30N2/c1-4-17(20-14-10-9-11-15(20)3)18(19-5-2)16-12-7-6-8-13-16/h6-8,12-13,15,17-19H,4-5,9-11,14H2,1-3H3. The molecule has 1 fully saturated rings. The van der Waals surface area contributed by atoms with Gasteiger partial charge in [-0.25, -0.2) is 0 Å². The summed E-state index contributed by atoms with van der Waals surface area (Å²) in [6.45, 7) is 9.23. The SMILES string of the molecule is CCNC(c1ccccc1)C(CC)N1CCCCC1C. The third-order valence-corrected chi connectivity index (χ3v) is 4.67. The average molecular weight is 274 g/mol. The number of hydrogen-bond donors (Lipinski definition) is 1. The quantitative estimate of drug-likeness (QED) is 0.844. The van der Waals surface area contributed by atoms with E-state index < -0.39 is 0 Å². The second-order valence-corrected chi connectivity index (χ2v) is 6.00. The fourth-order valence-electron chi connectivity index (χ4n) is 3.63. The monoisotopic (exact) mass is 274 g/mol. The van der Waals surface area contributed by atoms with Gasteiger partial charge in [-0.15, -0.1) is 0 Å². The van der Waals surface area contributed by atoms with Crippen LogP contribution in [-0.4, -0.2) is 30.1 Å². The summed E-state index contributed by atoms with van der Waals surface area (Å²) in [5.41, 5.74) is 1.43. The zero-order chi connectivity index (χ0) is 14.4. The van der Waals surface area contributed by atoms with E-state index in [1.54, 1.807) is 0 Å². The van der Waals surface area contributed by atoms with Crippen molar-refractivity contribution in [2.75, 3.05) is 13.1 Å². The summed E-state index contributed by atoms with van der Waals surface area (Å²) in [6.07, 6.45) is 5.31. The molecule has 0 radical (unpaired) electrons. The topological polar surface area (TPSA) is 15.3 Å². The smallest absolute Gasteiger partial charge is 0.0478 e. The number of benzene rings is 1. The molecule has 0 saturated carbocycles. The van der Waals surface area contributed by atoms with Crippen LogP contribution in [0.4, 0.5) is 0 Å². The largest absolute Gasteiger partial charge is 0.309 e. The van der Waals surface area contributed by atoms with Crippen molar-refractivity contribution in [1.82, 2.24) is 10.2 Å². The highest BCUT2D eigenvalue weighted by Crippen LogP contribution is 2.29. The van der Waals surface area contributed by atoms with E-state index in [-0.39, 0.29) is 0 Å². The zero-order valence-corrected chi connectivity index (χ0v) is 13.3. The van der Waals surface area contributed by atoms with Gasteiger partial charge in [0.2, 0.25) is 0 Å². The molecule has 1 N–H and O–H groups in total. The minimum absolute atomic E-state index is 0.451. The Morgan fingerprint density at radius 1 is 1.20 bits per heavy atom. The molecular formula is C18H30N2. The number of nitrogens with one attached hydrogen (secondary N) is 1. The summed E-state index contributed by atoms with van der Waals surface area (Å²) in [5.74, 6) is 0. The molecule has 0 amide bonds. The van der Waals surface area contributed by atoms with E-state index in [4.69, 9.17) is 0 Å². The van der Waals surface area contributed by atoms with Crippen LogP contribution in [0.15, 0.2) is 30.3 Å². The maximum atomic E-state index is 3.73. The number of likely N-dealkylation sites (tertiary alicyclic amines) is 1. The van der Waals surface area contributed by atoms with Gasteiger partial charge in [0.05, 0.1) is 0 Å². The van der Waals surface area contributed by atoms with Gasteiger partial charge in [-0.2, -0.15) is 0 Å². The molecule has 3 unspecified atom stereocenters. The van der Waals surface area contributed by atoms with Crippen molar-refractivity contribution in [2.45, 2.75) is 64.6 Å². The van der Waals surface area contributed by atoms with E-state index in [9.17, 15) is 0 Å². The van der Waals surface area contributed by atoms with Crippen molar-refractivity contribution in [1.29, 1.82) is 0 Å². The summed E-state index contributed by atoms with van der Waals surface area (Å²) < 4.78 is 0. The molecule has 2 heteroatoms. The van der Waals surface area contributed by atoms with Gasteiger partial charge in [-0.1, -0.05) is 50.6 Å². The van der Waals surface area contributed by atoms with Crippen LogP contribution in [0.5, 0.6) is 0 Å². The highest BCUT2D eigenvalue weighted by atomic mass is 15.2. The van der Waals surface area contributed by atoms with Crippen LogP contribution in [0.1, 0.15) is 58.1 Å². The van der Waals surface area contributed by atoms with E-state index in [1.807, 2.05) is 0 Å². The summed E-state index contributed by atoms with van der Waals surface area (Å²) in [4.78, 5) is 2.74. The third-order valence-electron chi connectivity index (χ3n) is 4.67. The molecule has 1 heterocycles. The third kappa shape index (κ3) is 3.62. The van der Waals surface area contributed by atoms with Crippen molar-refractivity contribution >= 4 is 0 Å². The molecule has 0 bridgehead atoms. The molecule has 0 spiro atoms. The number of piperidine rings is 1. The molecule has 1 aromatic carbocycles. The molecule has 1 aliphatic heterocycles. The molecule has 0 aromatic heterocycles. The zero-order valence-electron chi connectivity index (χ0n) is 13.3. The lowest BCUT2D eigenvalue weighted by molar-refractivity contribution is 0.0782. The van der Waals surface area contributed by atoms with Crippen molar-refractivity contribution in [3.05, 3.63) is 35.9 Å². The predicted molar refractivity (Wildman–Crippen MR) is 87.0 cm³/mol. The summed E-state index contributed by atoms with van der Waals surface area (Å²) >= 11 is 0. The summed E-state index contributed by atoms with van der Waals surface area (Å²) in [6, 6.07) is 12.7. The van der Waals surface area contributed by atoms with Gasteiger partial charge in [0.15, 0.2) is 0 Å². The highest BCUT2D eigenvalue weighted by molar-refractivity contribution is 5.21. The van der Waals surface area contributed by atoms with E-state index >= 15 is 0 Å². The minimum Gasteiger partial charge on any atom is -0.309 e. The Morgan fingerprint density at radius 3 is 2.55 bits per heavy atom. The Hall–Kier alpha value is -0.860. The fourth-order valence-corrected chi connectivity index (χ4v) is 3.63. The Bertz CT molecular complexity index is 376. The van der Waals surface area contributed by atoms with Crippen LogP contribution in [0.25, 0.3) is 0 Å². The average Bonchev–Trinajstić information content (AvgIpc) is 2.50. The minimum atomic E-state index is 0.451. The van der Waals surface area contributed by atoms with Gasteiger partial charge >= 0.3 is 0 Å². The first-order valence-electron chi connectivity index (χ1n) is 8.32. The molecule has 112 valence electrons. The summed E-state index contributed by atoms with van der Waals surface area (Å²) in [7, 11) is 0. The maximum absolute atomic E-state index is 3.73. The van der Waals surface area contributed by atoms with Crippen LogP contribution in [0.2, 0.25) is 0 Å². The van der Waals surface area contributed by atoms with E-state index in [0.29, 0.717) is 12.1 Å². The first kappa shape index (κ1) is 15.5. The number of rotatable bonds is 6. The van der Waals surface area contributed by atoms with Crippen molar-refractivity contribution < 1.29 is 0 Å². The van der Waals surface area contributed by atoms with Crippen LogP contribution in [0, 0.1) is 0 Å². The van der Waals surface area contributed by atoms with Gasteiger partial charge in [0.1, 0.15) is 0 Å². The predicted octanol–water partition coefficient (Wildman–Crippen LogP) is 3.99. The lowest BCUT2D eigenvalue weighted by Crippen LogP contribution is -2.50. The van der Waals surface area contributed by atoms with Crippen molar-refractivity contribution in [2.24, 2.45) is 0 Å². The molecule has 2 nitrogen and oxygen atoms in total. The molecule has 1 saturated heterocycles. The van der Waals surface area contributed by atoms with Crippen LogP contribution >= 0.6 is 0 Å².